The third-order valence-electron chi connectivity index (χ3n) is 15.6. The van der Waals surface area contributed by atoms with E-state index < -0.39 is 20.1 Å². The van der Waals surface area contributed by atoms with E-state index in [0.717, 1.165) is 108 Å². The summed E-state index contributed by atoms with van der Waals surface area (Å²) in [4.78, 5) is 7.62. The van der Waals surface area contributed by atoms with Crippen molar-refractivity contribution in [1.82, 2.24) is 9.80 Å². The van der Waals surface area contributed by atoms with Gasteiger partial charge in [0.2, 0.25) is 10.0 Å². The second kappa shape index (κ2) is 26.3. The van der Waals surface area contributed by atoms with Crippen LogP contribution in [0.15, 0.2) is 158 Å². The molecule has 0 amide bonds. The summed E-state index contributed by atoms with van der Waals surface area (Å²) in [6.45, 7) is 11.3. The first-order valence-electron chi connectivity index (χ1n) is 28.1. The van der Waals surface area contributed by atoms with Crippen LogP contribution >= 0.6 is 0 Å². The number of anilines is 2. The largest absolute Gasteiger partial charge is 0.396 e. The first-order valence-corrected chi connectivity index (χ1v) is 31.5. The number of allylic oxidation sites excluding steroid dienone is 2. The van der Waals surface area contributed by atoms with Gasteiger partial charge in [-0.2, -0.15) is 8.42 Å². The Morgan fingerprint density at radius 3 is 1.45 bits per heavy atom. The van der Waals surface area contributed by atoms with Crippen LogP contribution in [0.5, 0.6) is 5.75 Å². The summed E-state index contributed by atoms with van der Waals surface area (Å²) in [7, 11) is -6.92. The molecule has 2 aliphatic heterocycles. The highest BCUT2D eigenvalue weighted by Gasteiger charge is 2.36. The predicted octanol–water partition coefficient (Wildman–Crippen LogP) is 12.0. The summed E-state index contributed by atoms with van der Waals surface area (Å²) < 4.78 is 56.0. The molecule has 10 rings (SSSR count). The van der Waals surface area contributed by atoms with Crippen LogP contribution in [0, 0.1) is 0 Å². The van der Waals surface area contributed by atoms with E-state index in [-0.39, 0.29) is 24.2 Å². The van der Waals surface area contributed by atoms with E-state index in [4.69, 9.17) is 4.18 Å². The number of aliphatic hydroxyl groups excluding tert-OH is 2. The Morgan fingerprint density at radius 1 is 0.551 bits per heavy atom. The zero-order chi connectivity index (χ0) is 54.7. The van der Waals surface area contributed by atoms with Gasteiger partial charge < -0.3 is 24.2 Å². The average molecular weight is 1090 g/mol. The van der Waals surface area contributed by atoms with Crippen LogP contribution in [-0.2, 0) is 20.1 Å². The van der Waals surface area contributed by atoms with Gasteiger partial charge in [0.15, 0.2) is 0 Å². The highest BCUT2D eigenvalue weighted by molar-refractivity contribution is 7.93. The van der Waals surface area contributed by atoms with Crippen LogP contribution in [-0.4, -0.2) is 113 Å². The zero-order valence-corrected chi connectivity index (χ0v) is 47.3. The maximum atomic E-state index is 12.5. The Balaban J connectivity index is 0.000000190. The minimum Gasteiger partial charge on any atom is -0.396 e. The number of piperidine rings is 1. The van der Waals surface area contributed by atoms with Crippen molar-refractivity contribution in [3.63, 3.8) is 0 Å². The summed E-state index contributed by atoms with van der Waals surface area (Å²) in [6, 6.07) is 54.8. The van der Waals surface area contributed by atoms with Crippen LogP contribution < -0.4 is 13.8 Å². The molecule has 0 unspecified atom stereocenters. The lowest BCUT2D eigenvalue weighted by Gasteiger charge is -2.38. The second-order valence-corrected chi connectivity index (χ2v) is 25.2. The fourth-order valence-electron chi connectivity index (χ4n) is 11.1. The molecule has 0 bridgehead atoms. The summed E-state index contributed by atoms with van der Waals surface area (Å²) in [5, 5.41) is 19.1. The SMILES string of the molecule is CC(C)N1CCN(c2ccc(/C(=C(/CCCO)c3ccccc3)c3ccc(OS(C)(=O)=O)cc3)cc2)CC1.O=S(=O)(Nc1ccc(/C(=C(\CCCO)c2ccccc2)c2ccc(C3CCN(C4CC4)CC3)cc2)cc1)C1CC1. The van der Waals surface area contributed by atoms with Gasteiger partial charge in [0.05, 0.1) is 11.5 Å². The van der Waals surface area contributed by atoms with Crippen LogP contribution in [0.1, 0.15) is 123 Å². The number of hydrogen-bond donors (Lipinski definition) is 3. The van der Waals surface area contributed by atoms with Crippen molar-refractivity contribution in [1.29, 1.82) is 0 Å². The van der Waals surface area contributed by atoms with Gasteiger partial charge in [-0.3, -0.25) is 9.62 Å². The Morgan fingerprint density at radius 2 is 1.01 bits per heavy atom. The van der Waals surface area contributed by atoms with E-state index in [0.29, 0.717) is 36.9 Å². The Bertz CT molecular complexity index is 3160. The molecule has 4 aliphatic rings. The van der Waals surface area contributed by atoms with Gasteiger partial charge in [0.1, 0.15) is 5.75 Å². The lowest BCUT2D eigenvalue weighted by Crippen LogP contribution is -2.48. The second-order valence-electron chi connectivity index (χ2n) is 21.7. The van der Waals surface area contributed by atoms with Crippen molar-refractivity contribution in [3.8, 4) is 5.75 Å². The fraction of sp³-hybridized carbons (Fsp3) is 0.385. The normalized spacial score (nSPS) is 17.4. The lowest BCUT2D eigenvalue weighted by molar-refractivity contribution is 0.203. The number of benzene rings is 6. The number of sulfonamides is 1. The van der Waals surface area contributed by atoms with Gasteiger partial charge in [-0.1, -0.05) is 121 Å². The monoisotopic (exact) mass is 1090 g/mol. The zero-order valence-electron chi connectivity index (χ0n) is 45.6. The Kier molecular flexibility index (Phi) is 19.1. The standard InChI is InChI=1S/C34H40N2O3S.C31H38N2O4S/c37-24-4-7-33(27-5-2-1-3-6-27)34(29-12-14-30(15-13-29)35-40(38,39)32-18-19-32)28-10-8-25(9-11-28)26-20-22-36(23-21-26)31-16-17-31;1-24(2)32-19-21-33(22-20-32)28-15-11-26(12-16-28)31(27-13-17-29(18-14-27)37-38(3,35)36)30(10-7-23-34)25-8-5-4-6-9-25/h1-3,5-6,8-15,26,31-32,35,37H,4,7,16-24H2;4-6,8-9,11-18,24,34H,7,10,19-23H2,1-3H3/b34-33+;31-30+. The van der Waals surface area contributed by atoms with Gasteiger partial charge >= 0.3 is 10.1 Å². The average Bonchev–Trinajstić information content (AvgIpc) is 4.45. The smallest absolute Gasteiger partial charge is 0.306 e. The molecule has 2 heterocycles. The molecule has 11 nitrogen and oxygen atoms in total. The van der Waals surface area contributed by atoms with E-state index >= 15 is 0 Å². The van der Waals surface area contributed by atoms with E-state index in [9.17, 15) is 27.0 Å². The van der Waals surface area contributed by atoms with E-state index in [1.54, 1.807) is 12.1 Å². The van der Waals surface area contributed by atoms with Crippen molar-refractivity contribution in [2.75, 3.05) is 68.4 Å². The van der Waals surface area contributed by atoms with E-state index in [1.807, 2.05) is 60.7 Å². The van der Waals surface area contributed by atoms with Crippen molar-refractivity contribution < 1.29 is 31.2 Å². The molecular formula is C65H78N4O7S2. The number of hydrogen-bond acceptors (Lipinski definition) is 10. The minimum absolute atomic E-state index is 0.103. The van der Waals surface area contributed by atoms with E-state index in [2.05, 4.69) is 118 Å². The summed E-state index contributed by atoms with van der Waals surface area (Å²) in [5.41, 5.74) is 14.2. The van der Waals surface area contributed by atoms with Crippen molar-refractivity contribution >= 4 is 53.8 Å². The third kappa shape index (κ3) is 15.2. The molecule has 0 aromatic heterocycles. The molecule has 2 saturated heterocycles. The third-order valence-corrected chi connectivity index (χ3v) is 18.0. The number of aliphatic hydroxyl groups is 2. The predicted molar refractivity (Wildman–Crippen MR) is 320 cm³/mol. The maximum Gasteiger partial charge on any atom is 0.306 e. The Labute approximate surface area is 464 Å². The number of likely N-dealkylation sites (tertiary alicyclic amines) is 1. The first kappa shape index (κ1) is 56.7. The molecule has 2 saturated carbocycles. The van der Waals surface area contributed by atoms with Crippen LogP contribution in [0.4, 0.5) is 11.4 Å². The van der Waals surface area contributed by atoms with Crippen molar-refractivity contribution in [2.24, 2.45) is 0 Å². The molecule has 6 aromatic carbocycles. The molecule has 0 atom stereocenters. The molecular weight excluding hydrogens is 1010 g/mol. The molecule has 13 heteroatoms. The molecule has 3 N–H and O–H groups in total. The fourth-order valence-corrected chi connectivity index (χ4v) is 13.0. The molecule has 6 aromatic rings. The molecule has 2 aliphatic carbocycles. The van der Waals surface area contributed by atoms with Crippen LogP contribution in [0.2, 0.25) is 0 Å². The van der Waals surface area contributed by atoms with Gasteiger partial charge in [0, 0.05) is 62.9 Å². The summed E-state index contributed by atoms with van der Waals surface area (Å²) >= 11 is 0. The lowest BCUT2D eigenvalue weighted by atomic mass is 9.85. The molecule has 78 heavy (non-hydrogen) atoms. The van der Waals surface area contributed by atoms with Gasteiger partial charge in [0.25, 0.3) is 0 Å². The van der Waals surface area contributed by atoms with Gasteiger partial charge in [-0.25, -0.2) is 8.42 Å². The van der Waals surface area contributed by atoms with E-state index in [1.165, 1.54) is 55.6 Å². The molecule has 412 valence electrons. The summed E-state index contributed by atoms with van der Waals surface area (Å²) in [6.07, 6.45) is 10.5. The first-order chi connectivity index (χ1) is 37.8. The maximum absolute atomic E-state index is 12.5. The molecule has 0 radical (unpaired) electrons. The van der Waals surface area contributed by atoms with Crippen LogP contribution in [0.25, 0.3) is 22.3 Å². The van der Waals surface area contributed by atoms with Crippen molar-refractivity contribution in [3.05, 3.63) is 197 Å². The summed E-state index contributed by atoms with van der Waals surface area (Å²) in [5.74, 6) is 0.890. The number of rotatable bonds is 21. The Hall–Kier alpha value is -6.06. The van der Waals surface area contributed by atoms with Crippen LogP contribution in [0.3, 0.4) is 0 Å². The number of nitrogens with zero attached hydrogens (tertiary/aromatic N) is 3. The van der Waals surface area contributed by atoms with Gasteiger partial charge in [-0.15, -0.1) is 0 Å². The highest BCUT2D eigenvalue weighted by Crippen LogP contribution is 2.40. The highest BCUT2D eigenvalue weighted by atomic mass is 32.2. The molecule has 4 fully saturated rings. The molecule has 0 spiro atoms. The minimum atomic E-state index is -3.61. The van der Waals surface area contributed by atoms with Gasteiger partial charge in [-0.05, 0) is 195 Å². The van der Waals surface area contributed by atoms with Crippen molar-refractivity contribution in [2.45, 2.75) is 101 Å². The number of nitrogens with one attached hydrogen (secondary N) is 1. The quantitative estimate of drug-likeness (QED) is 0.0471. The number of piperazine rings is 1. The topological polar surface area (TPSA) is 140 Å².